The van der Waals surface area contributed by atoms with Crippen LogP contribution in [0, 0.1) is 19.3 Å². The average Bonchev–Trinajstić information content (AvgIpc) is 2.33. The lowest BCUT2D eigenvalue weighted by atomic mass is 9.93. The van der Waals surface area contributed by atoms with E-state index >= 15 is 0 Å². The summed E-state index contributed by atoms with van der Waals surface area (Å²) in [4.78, 5) is 0. The van der Waals surface area contributed by atoms with Crippen LogP contribution in [0.1, 0.15) is 61.8 Å². The van der Waals surface area contributed by atoms with E-state index in [9.17, 15) is 0 Å². The minimum absolute atomic E-state index is 0.282. The summed E-state index contributed by atoms with van der Waals surface area (Å²) in [5.41, 5.74) is 11.6. The van der Waals surface area contributed by atoms with E-state index in [0.29, 0.717) is 0 Å². The standard InChI is InChI=1S/C17H28N2/c1-5-7-17(19)16-11-15(9-6-8-13(3)18)10-12(2)14(16)4/h10-11,13,19H,5-9,18H2,1-4H3. The Morgan fingerprint density at radius 2 is 2.00 bits per heavy atom. The summed E-state index contributed by atoms with van der Waals surface area (Å²) in [5, 5.41) is 8.19. The second-order valence-electron chi connectivity index (χ2n) is 5.68. The first-order chi connectivity index (χ1) is 8.95. The van der Waals surface area contributed by atoms with Crippen LogP contribution in [0.3, 0.4) is 0 Å². The van der Waals surface area contributed by atoms with Gasteiger partial charge in [0.1, 0.15) is 0 Å². The van der Waals surface area contributed by atoms with Crippen LogP contribution in [-0.2, 0) is 6.42 Å². The normalized spacial score (nSPS) is 12.5. The number of hydrogen-bond acceptors (Lipinski definition) is 2. The van der Waals surface area contributed by atoms with Gasteiger partial charge in [-0.3, -0.25) is 0 Å². The maximum Gasteiger partial charge on any atom is 0.0388 e. The maximum absolute atomic E-state index is 8.19. The van der Waals surface area contributed by atoms with E-state index in [1.807, 2.05) is 0 Å². The molecule has 0 bridgehead atoms. The van der Waals surface area contributed by atoms with Crippen molar-refractivity contribution in [2.75, 3.05) is 0 Å². The molecule has 0 saturated heterocycles. The van der Waals surface area contributed by atoms with Crippen LogP contribution in [0.25, 0.3) is 0 Å². The fraction of sp³-hybridized carbons (Fsp3) is 0.588. The maximum atomic E-state index is 8.19. The Bertz CT molecular complexity index is 433. The molecule has 0 saturated carbocycles. The van der Waals surface area contributed by atoms with E-state index in [4.69, 9.17) is 11.1 Å². The second-order valence-corrected chi connectivity index (χ2v) is 5.68. The molecule has 1 atom stereocenters. The highest BCUT2D eigenvalue weighted by Crippen LogP contribution is 2.20. The van der Waals surface area contributed by atoms with Crippen molar-refractivity contribution in [1.29, 1.82) is 5.41 Å². The summed E-state index contributed by atoms with van der Waals surface area (Å²) in [7, 11) is 0. The second kappa shape index (κ2) is 7.44. The monoisotopic (exact) mass is 260 g/mol. The molecule has 0 aliphatic rings. The third-order valence-corrected chi connectivity index (χ3v) is 3.68. The molecule has 0 aromatic heterocycles. The summed E-state index contributed by atoms with van der Waals surface area (Å²) in [5.74, 6) is 0. The Kier molecular flexibility index (Phi) is 6.23. The van der Waals surface area contributed by atoms with Crippen LogP contribution in [-0.4, -0.2) is 11.8 Å². The molecular formula is C17H28N2. The van der Waals surface area contributed by atoms with Crippen LogP contribution >= 0.6 is 0 Å². The quantitative estimate of drug-likeness (QED) is 0.711. The first kappa shape index (κ1) is 15.9. The van der Waals surface area contributed by atoms with Gasteiger partial charge in [0.15, 0.2) is 0 Å². The van der Waals surface area contributed by atoms with Gasteiger partial charge in [0.05, 0.1) is 0 Å². The van der Waals surface area contributed by atoms with Gasteiger partial charge in [-0.05, 0) is 74.8 Å². The van der Waals surface area contributed by atoms with Gasteiger partial charge < -0.3 is 11.1 Å². The highest BCUT2D eigenvalue weighted by molar-refractivity contribution is 5.99. The van der Waals surface area contributed by atoms with Crippen molar-refractivity contribution < 1.29 is 0 Å². The molecule has 0 fully saturated rings. The fourth-order valence-electron chi connectivity index (χ4n) is 2.40. The molecular weight excluding hydrogens is 232 g/mol. The molecule has 1 rings (SSSR count). The number of rotatable bonds is 7. The van der Waals surface area contributed by atoms with E-state index in [1.165, 1.54) is 16.7 Å². The number of nitrogens with two attached hydrogens (primary N) is 1. The fourth-order valence-corrected chi connectivity index (χ4v) is 2.40. The molecule has 0 radical (unpaired) electrons. The van der Waals surface area contributed by atoms with Crippen LogP contribution in [0.4, 0.5) is 0 Å². The van der Waals surface area contributed by atoms with Gasteiger partial charge in [0.2, 0.25) is 0 Å². The van der Waals surface area contributed by atoms with Crippen LogP contribution < -0.4 is 5.73 Å². The zero-order valence-corrected chi connectivity index (χ0v) is 12.8. The SMILES string of the molecule is CCCC(=N)c1cc(CCCC(C)N)cc(C)c1C. The number of hydrogen-bond donors (Lipinski definition) is 2. The van der Waals surface area contributed by atoms with Crippen LogP contribution in [0.15, 0.2) is 12.1 Å². The van der Waals surface area contributed by atoms with E-state index in [0.717, 1.165) is 43.4 Å². The molecule has 19 heavy (non-hydrogen) atoms. The van der Waals surface area contributed by atoms with Crippen molar-refractivity contribution in [2.45, 2.75) is 65.8 Å². The zero-order valence-electron chi connectivity index (χ0n) is 12.8. The van der Waals surface area contributed by atoms with Crippen molar-refractivity contribution in [3.05, 3.63) is 34.4 Å². The lowest BCUT2D eigenvalue weighted by molar-refractivity contribution is 0.624. The molecule has 0 spiro atoms. The largest absolute Gasteiger partial charge is 0.328 e. The van der Waals surface area contributed by atoms with Gasteiger partial charge in [-0.1, -0.05) is 19.4 Å². The first-order valence-corrected chi connectivity index (χ1v) is 7.39. The molecule has 0 aliphatic heterocycles. The topological polar surface area (TPSA) is 49.9 Å². The van der Waals surface area contributed by atoms with E-state index in [2.05, 4.69) is 39.8 Å². The Balaban J connectivity index is 2.87. The van der Waals surface area contributed by atoms with E-state index < -0.39 is 0 Å². The Labute approximate surface area is 117 Å². The molecule has 2 heteroatoms. The third kappa shape index (κ3) is 4.79. The minimum atomic E-state index is 0.282. The molecule has 1 aromatic carbocycles. The average molecular weight is 260 g/mol. The third-order valence-electron chi connectivity index (χ3n) is 3.68. The summed E-state index contributed by atoms with van der Waals surface area (Å²) < 4.78 is 0. The molecule has 2 nitrogen and oxygen atoms in total. The molecule has 1 aromatic rings. The Morgan fingerprint density at radius 3 is 2.58 bits per heavy atom. The number of aryl methyl sites for hydroxylation is 2. The first-order valence-electron chi connectivity index (χ1n) is 7.39. The van der Waals surface area contributed by atoms with Gasteiger partial charge in [0, 0.05) is 11.8 Å². The lowest BCUT2D eigenvalue weighted by Crippen LogP contribution is -2.14. The Morgan fingerprint density at radius 1 is 1.32 bits per heavy atom. The molecule has 0 amide bonds. The van der Waals surface area contributed by atoms with E-state index in [-0.39, 0.29) is 6.04 Å². The highest BCUT2D eigenvalue weighted by atomic mass is 14.6. The van der Waals surface area contributed by atoms with Crippen LogP contribution in [0.5, 0.6) is 0 Å². The Hall–Kier alpha value is -1.15. The lowest BCUT2D eigenvalue weighted by Gasteiger charge is -2.13. The summed E-state index contributed by atoms with van der Waals surface area (Å²) >= 11 is 0. The zero-order chi connectivity index (χ0) is 14.4. The summed E-state index contributed by atoms with van der Waals surface area (Å²) in [6.07, 6.45) is 5.15. The number of benzene rings is 1. The predicted molar refractivity (Wildman–Crippen MR) is 84.2 cm³/mol. The molecule has 0 aliphatic carbocycles. The van der Waals surface area contributed by atoms with Crippen molar-refractivity contribution in [3.63, 3.8) is 0 Å². The van der Waals surface area contributed by atoms with Gasteiger partial charge in [-0.2, -0.15) is 0 Å². The van der Waals surface area contributed by atoms with Crippen molar-refractivity contribution >= 4 is 5.71 Å². The van der Waals surface area contributed by atoms with Crippen molar-refractivity contribution in [1.82, 2.24) is 0 Å². The minimum Gasteiger partial charge on any atom is -0.328 e. The molecule has 3 N–H and O–H groups in total. The van der Waals surface area contributed by atoms with Crippen LogP contribution in [0.2, 0.25) is 0 Å². The van der Waals surface area contributed by atoms with E-state index in [1.54, 1.807) is 0 Å². The molecule has 1 unspecified atom stereocenters. The molecule has 0 heterocycles. The van der Waals surface area contributed by atoms with Gasteiger partial charge in [-0.25, -0.2) is 0 Å². The smallest absolute Gasteiger partial charge is 0.0388 e. The van der Waals surface area contributed by atoms with Gasteiger partial charge in [0.25, 0.3) is 0 Å². The number of nitrogens with one attached hydrogen (secondary N) is 1. The molecule has 106 valence electrons. The van der Waals surface area contributed by atoms with Gasteiger partial charge >= 0.3 is 0 Å². The highest BCUT2D eigenvalue weighted by Gasteiger charge is 2.09. The van der Waals surface area contributed by atoms with Gasteiger partial charge in [-0.15, -0.1) is 0 Å². The van der Waals surface area contributed by atoms with Crippen molar-refractivity contribution in [2.24, 2.45) is 5.73 Å². The summed E-state index contributed by atoms with van der Waals surface area (Å²) in [6, 6.07) is 4.75. The summed E-state index contributed by atoms with van der Waals surface area (Å²) in [6.45, 7) is 8.46. The predicted octanol–water partition coefficient (Wildman–Crippen LogP) is 4.14. The van der Waals surface area contributed by atoms with Crippen molar-refractivity contribution in [3.8, 4) is 0 Å².